The first kappa shape index (κ1) is 29.8. The van der Waals surface area contributed by atoms with Crippen molar-refractivity contribution in [3.63, 3.8) is 0 Å². The van der Waals surface area contributed by atoms with Crippen molar-refractivity contribution in [1.29, 1.82) is 0 Å². The Morgan fingerprint density at radius 2 is 1.00 bits per heavy atom. The molecule has 0 atom stereocenters. The number of hydrogen-bond donors (Lipinski definition) is 0. The molecule has 0 saturated heterocycles. The Kier molecular flexibility index (Phi) is 10.2. The van der Waals surface area contributed by atoms with Crippen molar-refractivity contribution < 1.29 is 48.6 Å². The highest BCUT2D eigenvalue weighted by atomic mass is 19.4. The predicted octanol–water partition coefficient (Wildman–Crippen LogP) is 8.98. The Labute approximate surface area is 195 Å². The number of benzene rings is 3. The fourth-order valence-corrected chi connectivity index (χ4v) is 2.84. The van der Waals surface area contributed by atoms with Crippen LogP contribution in [0.2, 0.25) is 0 Å². The highest BCUT2D eigenvalue weighted by Crippen LogP contribution is 2.40. The lowest BCUT2D eigenvalue weighted by atomic mass is 10.0. The molecular weight excluding hydrogens is 494 g/mol. The van der Waals surface area contributed by atoms with Crippen LogP contribution in [0.15, 0.2) is 48.5 Å². The fraction of sp³-hybridized carbons (Fsp3) is 0.250. The average molecular weight is 514 g/mol. The number of ether oxygens (including phenoxy) is 1. The molecule has 0 heterocycles. The van der Waals surface area contributed by atoms with Gasteiger partial charge >= 0.3 is 12.3 Å². The molecule has 3 aromatic carbocycles. The molecule has 192 valence electrons. The fourth-order valence-electron chi connectivity index (χ4n) is 2.84. The molecule has 0 bridgehead atoms. The molecule has 0 spiro atoms. The first-order chi connectivity index (χ1) is 16.3. The summed E-state index contributed by atoms with van der Waals surface area (Å²) in [5, 5.41) is 0. The van der Waals surface area contributed by atoms with Crippen LogP contribution in [0.3, 0.4) is 0 Å². The number of halogens is 10. The summed E-state index contributed by atoms with van der Waals surface area (Å²) in [4.78, 5) is 0. The van der Waals surface area contributed by atoms with Crippen molar-refractivity contribution in [3.8, 4) is 16.9 Å². The van der Waals surface area contributed by atoms with Gasteiger partial charge < -0.3 is 4.74 Å². The SMILES string of the molecule is CC.CF.Cc1ccc(-c2cc(F)c(C(F)(F)Oc3cc(F)c(C(F)(F)F)c(F)c3)c(F)c2)cc1. The van der Waals surface area contributed by atoms with Gasteiger partial charge in [0.05, 0.1) is 7.18 Å². The van der Waals surface area contributed by atoms with Gasteiger partial charge in [0.1, 0.15) is 40.1 Å². The van der Waals surface area contributed by atoms with E-state index < -0.39 is 52.4 Å². The molecule has 0 unspecified atom stereocenters. The standard InChI is InChI=1S/C21H11F9O.C2H6.CH3F/c1-10-2-4-11(5-3-10)12-6-14(22)19(15(23)7-12)21(29,30)31-13-8-16(24)18(17(25)9-13)20(26,27)28;2*1-2/h2-9H,1H3;1-2H3;1H3. The van der Waals surface area contributed by atoms with Crippen LogP contribution in [-0.4, -0.2) is 7.18 Å². The Morgan fingerprint density at radius 1 is 0.600 bits per heavy atom. The van der Waals surface area contributed by atoms with Crippen molar-refractivity contribution >= 4 is 0 Å². The second kappa shape index (κ2) is 11.9. The quantitative estimate of drug-likeness (QED) is 0.316. The summed E-state index contributed by atoms with van der Waals surface area (Å²) < 4.78 is 136. The summed E-state index contributed by atoms with van der Waals surface area (Å²) in [6.45, 7) is 5.76. The first-order valence-corrected chi connectivity index (χ1v) is 9.87. The van der Waals surface area contributed by atoms with Gasteiger partial charge in [0.25, 0.3) is 0 Å². The summed E-state index contributed by atoms with van der Waals surface area (Å²) in [7, 11) is 0.500. The molecule has 1 nitrogen and oxygen atoms in total. The van der Waals surface area contributed by atoms with Crippen molar-refractivity contribution in [2.45, 2.75) is 33.1 Å². The number of hydrogen-bond acceptors (Lipinski definition) is 1. The van der Waals surface area contributed by atoms with Crippen molar-refractivity contribution in [2.24, 2.45) is 0 Å². The monoisotopic (exact) mass is 514 g/mol. The molecule has 3 aromatic rings. The Balaban J connectivity index is 0.00000145. The van der Waals surface area contributed by atoms with Crippen LogP contribution < -0.4 is 4.74 Å². The largest absolute Gasteiger partial charge is 0.432 e. The van der Waals surface area contributed by atoms with Gasteiger partial charge in [0, 0.05) is 12.1 Å². The average Bonchev–Trinajstić information content (AvgIpc) is 2.74. The van der Waals surface area contributed by atoms with Crippen molar-refractivity contribution in [2.75, 3.05) is 7.18 Å². The molecule has 0 saturated carbocycles. The zero-order valence-electron chi connectivity index (χ0n) is 18.8. The first-order valence-electron chi connectivity index (χ1n) is 9.87. The number of rotatable bonds is 4. The molecule has 35 heavy (non-hydrogen) atoms. The van der Waals surface area contributed by atoms with Crippen LogP contribution in [0.25, 0.3) is 11.1 Å². The summed E-state index contributed by atoms with van der Waals surface area (Å²) in [5.41, 5.74) is -3.09. The highest BCUT2D eigenvalue weighted by molar-refractivity contribution is 5.64. The van der Waals surface area contributed by atoms with E-state index in [1.54, 1.807) is 19.1 Å². The maximum atomic E-state index is 14.4. The van der Waals surface area contributed by atoms with Gasteiger partial charge in [-0.15, -0.1) is 0 Å². The van der Waals surface area contributed by atoms with E-state index in [-0.39, 0.29) is 17.7 Å². The van der Waals surface area contributed by atoms with E-state index in [1.165, 1.54) is 12.1 Å². The molecule has 0 N–H and O–H groups in total. The molecule has 0 aliphatic heterocycles. The third-order valence-electron chi connectivity index (χ3n) is 4.26. The third kappa shape index (κ3) is 7.12. The minimum absolute atomic E-state index is 0.0684. The summed E-state index contributed by atoms with van der Waals surface area (Å²) >= 11 is 0. The van der Waals surface area contributed by atoms with Crippen LogP contribution in [0.5, 0.6) is 5.75 Å². The van der Waals surface area contributed by atoms with Crippen LogP contribution in [0.1, 0.15) is 30.5 Å². The van der Waals surface area contributed by atoms with E-state index in [0.29, 0.717) is 24.9 Å². The second-order valence-electron chi connectivity index (χ2n) is 6.56. The van der Waals surface area contributed by atoms with E-state index in [1.807, 2.05) is 13.8 Å². The van der Waals surface area contributed by atoms with Gasteiger partial charge in [0.2, 0.25) is 0 Å². The minimum atomic E-state index is -5.43. The molecule has 0 radical (unpaired) electrons. The lowest BCUT2D eigenvalue weighted by Gasteiger charge is -2.20. The molecule has 0 aliphatic carbocycles. The lowest BCUT2D eigenvalue weighted by Crippen LogP contribution is -2.25. The van der Waals surface area contributed by atoms with E-state index in [0.717, 1.165) is 5.56 Å². The molecule has 0 amide bonds. The van der Waals surface area contributed by atoms with E-state index in [9.17, 15) is 43.9 Å². The maximum Gasteiger partial charge on any atom is 0.432 e. The molecule has 11 heteroatoms. The zero-order valence-corrected chi connectivity index (χ0v) is 18.8. The lowest BCUT2D eigenvalue weighted by molar-refractivity contribution is -0.189. The summed E-state index contributed by atoms with van der Waals surface area (Å²) in [5.74, 6) is -9.31. The normalized spacial score (nSPS) is 11.1. The van der Waals surface area contributed by atoms with Gasteiger partial charge in [-0.25, -0.2) is 17.6 Å². The smallest absolute Gasteiger partial charge is 0.429 e. The van der Waals surface area contributed by atoms with E-state index >= 15 is 0 Å². The minimum Gasteiger partial charge on any atom is -0.429 e. The van der Waals surface area contributed by atoms with Crippen LogP contribution in [-0.2, 0) is 12.3 Å². The predicted molar refractivity (Wildman–Crippen MR) is 111 cm³/mol. The number of aryl methyl sites for hydroxylation is 1. The maximum absolute atomic E-state index is 14.4. The van der Waals surface area contributed by atoms with Gasteiger partial charge in [0.15, 0.2) is 0 Å². The molecule has 3 rings (SSSR count). The van der Waals surface area contributed by atoms with E-state index in [4.69, 9.17) is 0 Å². The van der Waals surface area contributed by atoms with Gasteiger partial charge in [-0.2, -0.15) is 22.0 Å². The molecule has 0 fully saturated rings. The summed E-state index contributed by atoms with van der Waals surface area (Å²) in [6, 6.07) is 7.17. The molecule has 0 aromatic heterocycles. The van der Waals surface area contributed by atoms with Crippen LogP contribution in [0.4, 0.5) is 43.9 Å². The van der Waals surface area contributed by atoms with E-state index in [2.05, 4.69) is 4.74 Å². The topological polar surface area (TPSA) is 9.23 Å². The van der Waals surface area contributed by atoms with Crippen molar-refractivity contribution in [3.05, 3.63) is 88.5 Å². The highest BCUT2D eigenvalue weighted by Gasteiger charge is 2.43. The Morgan fingerprint density at radius 3 is 1.40 bits per heavy atom. The van der Waals surface area contributed by atoms with Gasteiger partial charge in [-0.3, -0.25) is 4.39 Å². The number of alkyl halides is 6. The Hall–Kier alpha value is -3.24. The summed E-state index contributed by atoms with van der Waals surface area (Å²) in [6.07, 6.45) is -10.2. The second-order valence-corrected chi connectivity index (χ2v) is 6.56. The Bertz CT molecular complexity index is 1080. The van der Waals surface area contributed by atoms with Crippen LogP contribution in [0, 0.1) is 30.2 Å². The van der Waals surface area contributed by atoms with Crippen molar-refractivity contribution in [1.82, 2.24) is 0 Å². The van der Waals surface area contributed by atoms with Gasteiger partial charge in [-0.05, 0) is 30.2 Å². The third-order valence-corrected chi connectivity index (χ3v) is 4.26. The molecular formula is C24H20F10O. The van der Waals surface area contributed by atoms with Crippen LogP contribution >= 0.6 is 0 Å². The molecule has 0 aliphatic rings. The van der Waals surface area contributed by atoms with Gasteiger partial charge in [-0.1, -0.05) is 43.7 Å². The zero-order chi connectivity index (χ0) is 27.1.